The molecule has 1 aliphatic heterocycles. The summed E-state index contributed by atoms with van der Waals surface area (Å²) in [4.78, 5) is 0. The number of para-hydroxylation sites is 1. The van der Waals surface area contributed by atoms with Gasteiger partial charge in [0.15, 0.2) is 0 Å². The third-order valence-corrected chi connectivity index (χ3v) is 3.95. The van der Waals surface area contributed by atoms with E-state index in [0.29, 0.717) is 0 Å². The van der Waals surface area contributed by atoms with E-state index in [1.54, 1.807) is 0 Å². The number of ether oxygens (including phenoxy) is 1. The molecule has 0 saturated heterocycles. The molecule has 0 bridgehead atoms. The van der Waals surface area contributed by atoms with Crippen molar-refractivity contribution in [1.82, 2.24) is 5.32 Å². The zero-order chi connectivity index (χ0) is 13.9. The minimum absolute atomic E-state index is 0.217. The molecule has 0 saturated carbocycles. The standard InChI is InChI=1S/C17H18ClNO/c1-12(13-6-4-7-15(18)9-13)19-11-16-10-14-5-2-3-8-17(14)20-16/h2-9,12,16,19H,10-11H2,1H3/t12-,16?/m0/s1. The zero-order valence-electron chi connectivity index (χ0n) is 11.5. The Hall–Kier alpha value is -1.51. The molecule has 0 aliphatic carbocycles. The summed E-state index contributed by atoms with van der Waals surface area (Å²) in [5.41, 5.74) is 2.50. The van der Waals surface area contributed by atoms with Gasteiger partial charge in [-0.05, 0) is 36.2 Å². The molecule has 2 aromatic rings. The van der Waals surface area contributed by atoms with Crippen molar-refractivity contribution in [3.8, 4) is 5.75 Å². The van der Waals surface area contributed by atoms with Crippen LogP contribution in [-0.2, 0) is 6.42 Å². The molecule has 1 aliphatic rings. The van der Waals surface area contributed by atoms with Crippen LogP contribution in [0.25, 0.3) is 0 Å². The van der Waals surface area contributed by atoms with Crippen LogP contribution in [0.4, 0.5) is 0 Å². The van der Waals surface area contributed by atoms with Crippen LogP contribution in [0.15, 0.2) is 48.5 Å². The van der Waals surface area contributed by atoms with E-state index < -0.39 is 0 Å². The number of hydrogen-bond acceptors (Lipinski definition) is 2. The van der Waals surface area contributed by atoms with Crippen LogP contribution < -0.4 is 10.1 Å². The summed E-state index contributed by atoms with van der Waals surface area (Å²) in [6.45, 7) is 2.98. The molecule has 2 atom stereocenters. The van der Waals surface area contributed by atoms with Gasteiger partial charge in [-0.2, -0.15) is 0 Å². The van der Waals surface area contributed by atoms with E-state index in [1.165, 1.54) is 11.1 Å². The zero-order valence-corrected chi connectivity index (χ0v) is 12.2. The largest absolute Gasteiger partial charge is 0.488 e. The van der Waals surface area contributed by atoms with Gasteiger partial charge in [-0.3, -0.25) is 0 Å². The lowest BCUT2D eigenvalue weighted by atomic mass is 10.1. The number of rotatable bonds is 4. The van der Waals surface area contributed by atoms with Gasteiger partial charge in [0.25, 0.3) is 0 Å². The maximum Gasteiger partial charge on any atom is 0.123 e. The summed E-state index contributed by atoms with van der Waals surface area (Å²) in [6.07, 6.45) is 1.19. The Bertz CT molecular complexity index is 574. The number of fused-ring (bicyclic) bond motifs is 1. The van der Waals surface area contributed by atoms with Crippen molar-refractivity contribution < 1.29 is 4.74 Å². The average Bonchev–Trinajstić information content (AvgIpc) is 2.87. The normalized spacial score (nSPS) is 18.4. The first-order valence-corrected chi connectivity index (χ1v) is 7.33. The van der Waals surface area contributed by atoms with Crippen LogP contribution in [0, 0.1) is 0 Å². The van der Waals surface area contributed by atoms with Gasteiger partial charge < -0.3 is 10.1 Å². The quantitative estimate of drug-likeness (QED) is 0.918. The van der Waals surface area contributed by atoms with E-state index in [0.717, 1.165) is 23.7 Å². The molecule has 0 fully saturated rings. The van der Waals surface area contributed by atoms with Crippen LogP contribution in [-0.4, -0.2) is 12.6 Å². The molecular formula is C17H18ClNO. The van der Waals surface area contributed by atoms with E-state index in [1.807, 2.05) is 30.3 Å². The Balaban J connectivity index is 1.56. The molecule has 0 spiro atoms. The molecule has 0 amide bonds. The van der Waals surface area contributed by atoms with E-state index >= 15 is 0 Å². The van der Waals surface area contributed by atoms with Gasteiger partial charge >= 0.3 is 0 Å². The summed E-state index contributed by atoms with van der Waals surface area (Å²) >= 11 is 6.02. The fraction of sp³-hybridized carbons (Fsp3) is 0.294. The van der Waals surface area contributed by atoms with Crippen molar-refractivity contribution in [3.05, 3.63) is 64.7 Å². The molecule has 104 valence electrons. The summed E-state index contributed by atoms with van der Waals surface area (Å²) in [5, 5.41) is 4.30. The highest BCUT2D eigenvalue weighted by atomic mass is 35.5. The molecule has 20 heavy (non-hydrogen) atoms. The van der Waals surface area contributed by atoms with Gasteiger partial charge in [-0.15, -0.1) is 0 Å². The molecule has 0 radical (unpaired) electrons. The van der Waals surface area contributed by atoms with Crippen molar-refractivity contribution in [2.45, 2.75) is 25.5 Å². The van der Waals surface area contributed by atoms with E-state index in [-0.39, 0.29) is 12.1 Å². The molecule has 2 nitrogen and oxygen atoms in total. The second-order valence-electron chi connectivity index (χ2n) is 5.24. The molecule has 0 aromatic heterocycles. The molecule has 2 aromatic carbocycles. The minimum Gasteiger partial charge on any atom is -0.488 e. The monoisotopic (exact) mass is 287 g/mol. The molecule has 1 heterocycles. The second-order valence-corrected chi connectivity index (χ2v) is 5.67. The Kier molecular flexibility index (Phi) is 3.95. The first kappa shape index (κ1) is 13.5. The summed E-state index contributed by atoms with van der Waals surface area (Å²) in [6, 6.07) is 16.5. The predicted octanol–water partition coefficient (Wildman–Crippen LogP) is 3.99. The fourth-order valence-corrected chi connectivity index (χ4v) is 2.77. The smallest absolute Gasteiger partial charge is 0.123 e. The number of halogens is 1. The third-order valence-electron chi connectivity index (χ3n) is 3.71. The van der Waals surface area contributed by atoms with Gasteiger partial charge in [0.05, 0.1) is 0 Å². The van der Waals surface area contributed by atoms with E-state index in [2.05, 4.69) is 30.4 Å². The van der Waals surface area contributed by atoms with Gasteiger partial charge in [-0.1, -0.05) is 41.9 Å². The highest BCUT2D eigenvalue weighted by Gasteiger charge is 2.22. The highest BCUT2D eigenvalue weighted by molar-refractivity contribution is 6.30. The first-order chi connectivity index (χ1) is 9.72. The minimum atomic E-state index is 0.217. The SMILES string of the molecule is C[C@H](NCC1Cc2ccccc2O1)c1cccc(Cl)c1. The number of nitrogens with one attached hydrogen (secondary N) is 1. The van der Waals surface area contributed by atoms with Crippen molar-refractivity contribution in [2.24, 2.45) is 0 Å². The number of hydrogen-bond donors (Lipinski definition) is 1. The maximum absolute atomic E-state index is 6.02. The topological polar surface area (TPSA) is 21.3 Å². The lowest BCUT2D eigenvalue weighted by Gasteiger charge is -2.18. The lowest BCUT2D eigenvalue weighted by molar-refractivity contribution is 0.222. The summed E-state index contributed by atoms with van der Waals surface area (Å²) < 4.78 is 5.93. The van der Waals surface area contributed by atoms with Gasteiger partial charge in [-0.25, -0.2) is 0 Å². The van der Waals surface area contributed by atoms with Crippen LogP contribution in [0.1, 0.15) is 24.1 Å². The van der Waals surface area contributed by atoms with Crippen molar-refractivity contribution in [2.75, 3.05) is 6.54 Å². The number of benzene rings is 2. The van der Waals surface area contributed by atoms with E-state index in [4.69, 9.17) is 16.3 Å². The van der Waals surface area contributed by atoms with Gasteiger partial charge in [0, 0.05) is 24.0 Å². The van der Waals surface area contributed by atoms with Crippen molar-refractivity contribution in [1.29, 1.82) is 0 Å². The third kappa shape index (κ3) is 2.97. The van der Waals surface area contributed by atoms with Crippen LogP contribution >= 0.6 is 11.6 Å². The molecule has 1 unspecified atom stereocenters. The van der Waals surface area contributed by atoms with Gasteiger partial charge in [0.2, 0.25) is 0 Å². The van der Waals surface area contributed by atoms with Crippen LogP contribution in [0.2, 0.25) is 5.02 Å². The summed E-state index contributed by atoms with van der Waals surface area (Å²) in [7, 11) is 0. The average molecular weight is 288 g/mol. The van der Waals surface area contributed by atoms with Crippen LogP contribution in [0.5, 0.6) is 5.75 Å². The summed E-state index contributed by atoms with van der Waals surface area (Å²) in [5.74, 6) is 1.02. The Morgan fingerprint density at radius 1 is 1.25 bits per heavy atom. The van der Waals surface area contributed by atoms with Crippen molar-refractivity contribution in [3.63, 3.8) is 0 Å². The van der Waals surface area contributed by atoms with Crippen molar-refractivity contribution >= 4 is 11.6 Å². The first-order valence-electron chi connectivity index (χ1n) is 6.96. The Morgan fingerprint density at radius 2 is 2.10 bits per heavy atom. The molecule has 3 rings (SSSR count). The Labute approximate surface area is 124 Å². The molecule has 3 heteroatoms. The van der Waals surface area contributed by atoms with Crippen LogP contribution in [0.3, 0.4) is 0 Å². The highest BCUT2D eigenvalue weighted by Crippen LogP contribution is 2.28. The predicted molar refractivity (Wildman–Crippen MR) is 82.4 cm³/mol. The molecular weight excluding hydrogens is 270 g/mol. The maximum atomic E-state index is 6.02. The second kappa shape index (κ2) is 5.86. The molecule has 1 N–H and O–H groups in total. The van der Waals surface area contributed by atoms with E-state index in [9.17, 15) is 0 Å². The fourth-order valence-electron chi connectivity index (χ4n) is 2.57. The Morgan fingerprint density at radius 3 is 2.90 bits per heavy atom. The lowest BCUT2D eigenvalue weighted by Crippen LogP contribution is -2.31. The van der Waals surface area contributed by atoms with Gasteiger partial charge in [0.1, 0.15) is 11.9 Å².